The van der Waals surface area contributed by atoms with Crippen LogP contribution in [-0.2, 0) is 4.79 Å². The molecular weight excluding hydrogens is 200 g/mol. The van der Waals surface area contributed by atoms with Crippen LogP contribution >= 0.6 is 0 Å². The van der Waals surface area contributed by atoms with Crippen molar-refractivity contribution in [2.45, 2.75) is 58.9 Å². The number of amides is 1. The highest BCUT2D eigenvalue weighted by molar-refractivity contribution is 5.78. The Labute approximate surface area is 99.2 Å². The zero-order valence-electron chi connectivity index (χ0n) is 10.9. The van der Waals surface area contributed by atoms with E-state index >= 15 is 0 Å². The van der Waals surface area contributed by atoms with Crippen LogP contribution in [0.2, 0.25) is 0 Å². The summed E-state index contributed by atoms with van der Waals surface area (Å²) in [4.78, 5) is 11.8. The minimum absolute atomic E-state index is 0.0510. The zero-order chi connectivity index (χ0) is 12.2. The number of hydrogen-bond acceptors (Lipinski definition) is 2. The van der Waals surface area contributed by atoms with E-state index in [0.717, 1.165) is 19.3 Å². The van der Waals surface area contributed by atoms with Gasteiger partial charge in [0.2, 0.25) is 5.91 Å². The second-order valence-corrected chi connectivity index (χ2v) is 5.94. The molecule has 3 N–H and O–H groups in total. The fourth-order valence-electron chi connectivity index (χ4n) is 2.55. The van der Waals surface area contributed by atoms with Gasteiger partial charge in [-0.1, -0.05) is 27.2 Å². The molecule has 3 heteroatoms. The molecule has 94 valence electrons. The van der Waals surface area contributed by atoms with E-state index in [1.165, 1.54) is 12.8 Å². The molecule has 1 aliphatic rings. The molecule has 0 heterocycles. The second kappa shape index (κ2) is 5.67. The molecule has 0 saturated heterocycles. The van der Waals surface area contributed by atoms with Gasteiger partial charge in [0.15, 0.2) is 0 Å². The topological polar surface area (TPSA) is 55.1 Å². The molecule has 2 atom stereocenters. The molecule has 0 spiro atoms. The number of carbonyl (C=O) groups is 1. The summed E-state index contributed by atoms with van der Waals surface area (Å²) in [6.45, 7) is 7.12. The first-order chi connectivity index (χ1) is 7.44. The molecule has 1 amide bonds. The predicted octanol–water partition coefficient (Wildman–Crippen LogP) is 2.06. The van der Waals surface area contributed by atoms with Crippen molar-refractivity contribution in [3.63, 3.8) is 0 Å². The third-order valence-electron chi connectivity index (χ3n) is 3.60. The van der Waals surface area contributed by atoms with Gasteiger partial charge in [-0.05, 0) is 37.6 Å². The molecule has 0 aromatic heterocycles. The molecule has 1 rings (SSSR count). The molecule has 0 bridgehead atoms. The van der Waals surface area contributed by atoms with Crippen molar-refractivity contribution in [1.82, 2.24) is 5.32 Å². The number of carbonyl (C=O) groups excluding carboxylic acids is 1. The van der Waals surface area contributed by atoms with Gasteiger partial charge >= 0.3 is 0 Å². The van der Waals surface area contributed by atoms with E-state index in [9.17, 15) is 4.79 Å². The molecule has 2 unspecified atom stereocenters. The van der Waals surface area contributed by atoms with Crippen LogP contribution in [0.4, 0.5) is 0 Å². The van der Waals surface area contributed by atoms with Gasteiger partial charge in [0.1, 0.15) is 0 Å². The summed E-state index contributed by atoms with van der Waals surface area (Å²) >= 11 is 0. The Morgan fingerprint density at radius 3 is 2.81 bits per heavy atom. The fourth-order valence-corrected chi connectivity index (χ4v) is 2.55. The van der Waals surface area contributed by atoms with E-state index in [0.29, 0.717) is 18.0 Å². The maximum atomic E-state index is 11.8. The zero-order valence-corrected chi connectivity index (χ0v) is 10.9. The summed E-state index contributed by atoms with van der Waals surface area (Å²) in [5.41, 5.74) is 5.85. The van der Waals surface area contributed by atoms with Crippen LogP contribution in [0.5, 0.6) is 0 Å². The quantitative estimate of drug-likeness (QED) is 0.771. The van der Waals surface area contributed by atoms with Crippen molar-refractivity contribution in [1.29, 1.82) is 0 Å². The maximum absolute atomic E-state index is 11.8. The monoisotopic (exact) mass is 226 g/mol. The molecule has 16 heavy (non-hydrogen) atoms. The van der Waals surface area contributed by atoms with Crippen LogP contribution in [0.15, 0.2) is 0 Å². The molecule has 0 radical (unpaired) electrons. The third-order valence-corrected chi connectivity index (χ3v) is 3.60. The van der Waals surface area contributed by atoms with Gasteiger partial charge in [0.25, 0.3) is 0 Å². The van der Waals surface area contributed by atoms with E-state index in [1.807, 2.05) is 6.92 Å². The van der Waals surface area contributed by atoms with Crippen LogP contribution < -0.4 is 11.1 Å². The Bertz CT molecular complexity index is 238. The third kappa shape index (κ3) is 4.12. The Hall–Kier alpha value is -0.570. The molecule has 0 aromatic rings. The minimum Gasteiger partial charge on any atom is -0.353 e. The molecule has 1 aliphatic carbocycles. The number of rotatable bonds is 4. The first kappa shape index (κ1) is 13.5. The SMILES string of the molecule is CC(CCN)C(=O)NC1CCCC(C)(C)C1. The molecular formula is C13H26N2O. The largest absolute Gasteiger partial charge is 0.353 e. The smallest absolute Gasteiger partial charge is 0.223 e. The molecule has 1 fully saturated rings. The van der Waals surface area contributed by atoms with Crippen LogP contribution in [0.1, 0.15) is 52.9 Å². The first-order valence-electron chi connectivity index (χ1n) is 6.45. The Morgan fingerprint density at radius 2 is 2.25 bits per heavy atom. The Morgan fingerprint density at radius 1 is 1.56 bits per heavy atom. The van der Waals surface area contributed by atoms with Crippen LogP contribution in [0.3, 0.4) is 0 Å². The summed E-state index contributed by atoms with van der Waals surface area (Å²) in [6.07, 6.45) is 5.52. The van der Waals surface area contributed by atoms with Crippen LogP contribution in [0.25, 0.3) is 0 Å². The highest BCUT2D eigenvalue weighted by Crippen LogP contribution is 2.35. The van der Waals surface area contributed by atoms with Crippen LogP contribution in [-0.4, -0.2) is 18.5 Å². The second-order valence-electron chi connectivity index (χ2n) is 5.94. The van der Waals surface area contributed by atoms with Gasteiger partial charge in [-0.2, -0.15) is 0 Å². The van der Waals surface area contributed by atoms with Gasteiger partial charge in [0, 0.05) is 12.0 Å². The minimum atomic E-state index is 0.0510. The predicted molar refractivity (Wildman–Crippen MR) is 67.0 cm³/mol. The first-order valence-corrected chi connectivity index (χ1v) is 6.45. The van der Waals surface area contributed by atoms with E-state index in [2.05, 4.69) is 19.2 Å². The summed E-state index contributed by atoms with van der Waals surface area (Å²) in [7, 11) is 0. The van der Waals surface area contributed by atoms with Crippen molar-refractivity contribution >= 4 is 5.91 Å². The van der Waals surface area contributed by atoms with Crippen molar-refractivity contribution in [2.75, 3.05) is 6.54 Å². The van der Waals surface area contributed by atoms with Crippen molar-refractivity contribution in [3.05, 3.63) is 0 Å². The highest BCUT2D eigenvalue weighted by Gasteiger charge is 2.29. The lowest BCUT2D eigenvalue weighted by atomic mass is 9.75. The summed E-state index contributed by atoms with van der Waals surface area (Å²) in [6, 6.07) is 0.372. The van der Waals surface area contributed by atoms with E-state index in [-0.39, 0.29) is 11.8 Å². The average molecular weight is 226 g/mol. The summed E-state index contributed by atoms with van der Waals surface area (Å²) in [5, 5.41) is 3.16. The number of nitrogens with two attached hydrogens (primary N) is 1. The number of nitrogens with one attached hydrogen (secondary N) is 1. The van der Waals surface area contributed by atoms with Crippen molar-refractivity contribution in [2.24, 2.45) is 17.1 Å². The Balaban J connectivity index is 2.39. The molecule has 3 nitrogen and oxygen atoms in total. The van der Waals surface area contributed by atoms with E-state index in [4.69, 9.17) is 5.73 Å². The van der Waals surface area contributed by atoms with Gasteiger partial charge in [-0.15, -0.1) is 0 Å². The molecule has 0 aromatic carbocycles. The van der Waals surface area contributed by atoms with Gasteiger partial charge in [0.05, 0.1) is 0 Å². The lowest BCUT2D eigenvalue weighted by Gasteiger charge is -2.36. The van der Waals surface area contributed by atoms with Gasteiger partial charge in [-0.25, -0.2) is 0 Å². The van der Waals surface area contributed by atoms with Crippen molar-refractivity contribution in [3.8, 4) is 0 Å². The lowest BCUT2D eigenvalue weighted by Crippen LogP contribution is -2.43. The molecule has 1 saturated carbocycles. The standard InChI is InChI=1S/C13H26N2O/c1-10(6-8-14)12(16)15-11-5-4-7-13(2,3)9-11/h10-11H,4-9,14H2,1-3H3,(H,15,16). The van der Waals surface area contributed by atoms with E-state index in [1.54, 1.807) is 0 Å². The average Bonchev–Trinajstić information content (AvgIpc) is 2.16. The highest BCUT2D eigenvalue weighted by atomic mass is 16.1. The van der Waals surface area contributed by atoms with Crippen LogP contribution in [0, 0.1) is 11.3 Å². The van der Waals surface area contributed by atoms with Gasteiger partial charge < -0.3 is 11.1 Å². The van der Waals surface area contributed by atoms with Crippen molar-refractivity contribution < 1.29 is 4.79 Å². The fraction of sp³-hybridized carbons (Fsp3) is 0.923. The van der Waals surface area contributed by atoms with E-state index < -0.39 is 0 Å². The lowest BCUT2D eigenvalue weighted by molar-refractivity contribution is -0.125. The maximum Gasteiger partial charge on any atom is 0.223 e. The summed E-state index contributed by atoms with van der Waals surface area (Å²) < 4.78 is 0. The Kier molecular flexibility index (Phi) is 4.78. The van der Waals surface area contributed by atoms with Gasteiger partial charge in [-0.3, -0.25) is 4.79 Å². The number of hydrogen-bond donors (Lipinski definition) is 2. The summed E-state index contributed by atoms with van der Waals surface area (Å²) in [5.74, 6) is 0.225. The normalized spacial score (nSPS) is 26.1. The molecule has 0 aliphatic heterocycles.